The van der Waals surface area contributed by atoms with Crippen LogP contribution < -0.4 is 0 Å². The van der Waals surface area contributed by atoms with Crippen molar-refractivity contribution >= 4 is 27.7 Å². The van der Waals surface area contributed by atoms with Gasteiger partial charge in [-0.05, 0) is 93.0 Å². The molecule has 176 valence electrons. The molecule has 0 aliphatic heterocycles. The summed E-state index contributed by atoms with van der Waals surface area (Å²) in [5, 5.41) is 0. The van der Waals surface area contributed by atoms with Gasteiger partial charge in [-0.2, -0.15) is 0 Å². The lowest BCUT2D eigenvalue weighted by Crippen LogP contribution is -2.37. The third-order valence-corrected chi connectivity index (χ3v) is 8.44. The van der Waals surface area contributed by atoms with Gasteiger partial charge < -0.3 is 4.74 Å². The Kier molecular flexibility index (Phi) is 9.19. The summed E-state index contributed by atoms with van der Waals surface area (Å²) in [7, 11) is 0. The first-order valence-corrected chi connectivity index (χ1v) is 13.0. The van der Waals surface area contributed by atoms with E-state index in [1.54, 1.807) is 5.57 Å². The van der Waals surface area contributed by atoms with Crippen LogP contribution in [0.15, 0.2) is 22.7 Å². The van der Waals surface area contributed by atoms with E-state index in [2.05, 4.69) is 48.3 Å². The van der Waals surface area contributed by atoms with Gasteiger partial charge in [-0.1, -0.05) is 55.3 Å². The fraction of sp³-hybridized carbons (Fsp3) is 0.778. The molecule has 31 heavy (non-hydrogen) atoms. The molecule has 2 fully saturated rings. The van der Waals surface area contributed by atoms with Crippen LogP contribution in [0.25, 0.3) is 0 Å². The highest BCUT2D eigenvalue weighted by atomic mass is 79.9. The third kappa shape index (κ3) is 6.12. The van der Waals surface area contributed by atoms with Crippen LogP contribution in [0.1, 0.15) is 92.9 Å². The quantitative estimate of drug-likeness (QED) is 0.244. The smallest absolute Gasteiger partial charge is 0.311 e. The number of halogens is 1. The zero-order chi connectivity index (χ0) is 23.4. The Balaban J connectivity index is 2.03. The molecule has 0 radical (unpaired) electrons. The molecule has 2 aliphatic carbocycles. The van der Waals surface area contributed by atoms with E-state index < -0.39 is 5.41 Å². The van der Waals surface area contributed by atoms with Gasteiger partial charge in [0.25, 0.3) is 0 Å². The topological polar surface area (TPSA) is 43.4 Å². The zero-order valence-corrected chi connectivity index (χ0v) is 22.1. The van der Waals surface area contributed by atoms with Gasteiger partial charge in [-0.3, -0.25) is 9.59 Å². The molecule has 0 aromatic heterocycles. The second kappa shape index (κ2) is 10.8. The average molecular weight is 496 g/mol. The van der Waals surface area contributed by atoms with Crippen molar-refractivity contribution < 1.29 is 14.3 Å². The summed E-state index contributed by atoms with van der Waals surface area (Å²) in [5.41, 5.74) is 2.06. The maximum atomic E-state index is 13.3. The number of hydrogen-bond acceptors (Lipinski definition) is 3. The summed E-state index contributed by atoms with van der Waals surface area (Å²) in [4.78, 5) is 27.6. The van der Waals surface area contributed by atoms with Crippen LogP contribution in [0.3, 0.4) is 0 Å². The molecule has 0 aromatic carbocycles. The Labute approximate surface area is 198 Å². The number of allylic oxidation sites excluding steroid dienone is 1. The minimum absolute atomic E-state index is 0.142. The fourth-order valence-electron chi connectivity index (χ4n) is 6.10. The predicted octanol–water partition coefficient (Wildman–Crippen LogP) is 7.64. The number of hydrogen-bond donors (Lipinski definition) is 0. The van der Waals surface area contributed by atoms with E-state index in [1.807, 2.05) is 20.8 Å². The van der Waals surface area contributed by atoms with Crippen molar-refractivity contribution in [3.05, 3.63) is 22.7 Å². The van der Waals surface area contributed by atoms with Crippen molar-refractivity contribution in [1.29, 1.82) is 0 Å². The van der Waals surface area contributed by atoms with Gasteiger partial charge in [0.15, 0.2) is 0 Å². The molecule has 5 atom stereocenters. The van der Waals surface area contributed by atoms with Crippen LogP contribution in [-0.4, -0.2) is 18.4 Å². The normalized spacial score (nSPS) is 29.3. The molecule has 0 saturated heterocycles. The SMILES string of the molecule is C=C(COC(=O)C(C)(C)C)[C@H](CCC)C(=O)C[C@@H](C)[C@H]1CC[C@H]2/C(=C/Br)CCC[C@]12C. The zero-order valence-electron chi connectivity index (χ0n) is 20.6. The first-order chi connectivity index (χ1) is 14.5. The van der Waals surface area contributed by atoms with Crippen molar-refractivity contribution in [2.75, 3.05) is 6.61 Å². The van der Waals surface area contributed by atoms with Gasteiger partial charge in [-0.15, -0.1) is 0 Å². The van der Waals surface area contributed by atoms with E-state index in [-0.39, 0.29) is 24.3 Å². The van der Waals surface area contributed by atoms with Crippen LogP contribution in [-0.2, 0) is 14.3 Å². The first-order valence-electron chi connectivity index (χ1n) is 12.1. The van der Waals surface area contributed by atoms with Crippen molar-refractivity contribution in [2.24, 2.45) is 34.5 Å². The van der Waals surface area contributed by atoms with Gasteiger partial charge in [0.2, 0.25) is 0 Å². The van der Waals surface area contributed by atoms with E-state index in [9.17, 15) is 9.59 Å². The Hall–Kier alpha value is -0.900. The number of ether oxygens (including phenoxy) is 1. The van der Waals surface area contributed by atoms with Crippen LogP contribution >= 0.6 is 15.9 Å². The number of rotatable bonds is 9. The number of Topliss-reactive ketones (excluding diaryl/α,β-unsaturated/α-hetero) is 1. The van der Waals surface area contributed by atoms with E-state index >= 15 is 0 Å². The largest absolute Gasteiger partial charge is 0.461 e. The van der Waals surface area contributed by atoms with Crippen molar-refractivity contribution in [2.45, 2.75) is 92.9 Å². The molecule has 0 N–H and O–H groups in total. The molecule has 2 rings (SSSR count). The van der Waals surface area contributed by atoms with Gasteiger partial charge >= 0.3 is 5.97 Å². The van der Waals surface area contributed by atoms with Gasteiger partial charge in [0.1, 0.15) is 12.4 Å². The summed E-state index contributed by atoms with van der Waals surface area (Å²) in [6.07, 6.45) is 8.45. The second-order valence-electron chi connectivity index (χ2n) is 11.3. The molecule has 2 aliphatic rings. The van der Waals surface area contributed by atoms with Crippen LogP contribution in [0.2, 0.25) is 0 Å². The summed E-state index contributed by atoms with van der Waals surface area (Å²) in [5.74, 6) is 1.41. The van der Waals surface area contributed by atoms with Gasteiger partial charge in [-0.25, -0.2) is 0 Å². The molecule has 4 heteroatoms. The molecule has 0 bridgehead atoms. The summed E-state index contributed by atoms with van der Waals surface area (Å²) < 4.78 is 5.46. The van der Waals surface area contributed by atoms with Gasteiger partial charge in [0.05, 0.1) is 5.41 Å². The maximum absolute atomic E-state index is 13.3. The Bertz CT molecular complexity index is 702. The van der Waals surface area contributed by atoms with Crippen LogP contribution in [0.4, 0.5) is 0 Å². The summed E-state index contributed by atoms with van der Waals surface area (Å²) in [6, 6.07) is 0. The number of carbonyl (C=O) groups is 2. The average Bonchev–Trinajstić information content (AvgIpc) is 3.06. The number of carbonyl (C=O) groups excluding carboxylic acids is 2. The van der Waals surface area contributed by atoms with E-state index in [0.717, 1.165) is 18.4 Å². The molecule has 0 unspecified atom stereocenters. The van der Waals surface area contributed by atoms with E-state index in [1.165, 1.54) is 32.1 Å². The molecular formula is C27H43BrO3. The first kappa shape index (κ1) is 26.4. The highest BCUT2D eigenvalue weighted by molar-refractivity contribution is 9.11. The molecular weight excluding hydrogens is 452 g/mol. The lowest BCUT2D eigenvalue weighted by atomic mass is 9.61. The molecule has 0 spiro atoms. The lowest BCUT2D eigenvalue weighted by Gasteiger charge is -2.44. The number of esters is 1. The number of ketones is 1. The van der Waals surface area contributed by atoms with E-state index in [0.29, 0.717) is 29.6 Å². The standard InChI is InChI=1S/C27H43BrO3/c1-8-10-21(19(3)17-31-25(30)26(4,5)6)24(29)15-18(2)22-12-13-23-20(16-28)11-9-14-27(22,23)7/h16,18,21-23H,3,8-15,17H2,1-2,4-7H3/b20-16+/t18-,21+,22-,23+,27-/m1/s1. The molecule has 0 aromatic rings. The third-order valence-electron chi connectivity index (χ3n) is 7.85. The van der Waals surface area contributed by atoms with Crippen molar-refractivity contribution in [3.63, 3.8) is 0 Å². The Morgan fingerprint density at radius 1 is 1.32 bits per heavy atom. The molecule has 3 nitrogen and oxygen atoms in total. The summed E-state index contributed by atoms with van der Waals surface area (Å²) >= 11 is 3.60. The van der Waals surface area contributed by atoms with Crippen LogP contribution in [0, 0.1) is 34.5 Å². The Morgan fingerprint density at radius 2 is 2.00 bits per heavy atom. The van der Waals surface area contributed by atoms with Crippen molar-refractivity contribution in [3.8, 4) is 0 Å². The fourth-order valence-corrected chi connectivity index (χ4v) is 6.65. The van der Waals surface area contributed by atoms with Crippen LogP contribution in [0.5, 0.6) is 0 Å². The molecule has 0 amide bonds. The molecule has 2 saturated carbocycles. The highest BCUT2D eigenvalue weighted by Gasteiger charge is 2.51. The Morgan fingerprint density at radius 3 is 2.58 bits per heavy atom. The maximum Gasteiger partial charge on any atom is 0.311 e. The minimum Gasteiger partial charge on any atom is -0.461 e. The highest BCUT2D eigenvalue weighted by Crippen LogP contribution is 2.60. The predicted molar refractivity (Wildman–Crippen MR) is 132 cm³/mol. The van der Waals surface area contributed by atoms with E-state index in [4.69, 9.17) is 4.74 Å². The number of fused-ring (bicyclic) bond motifs is 1. The lowest BCUT2D eigenvalue weighted by molar-refractivity contribution is -0.152. The summed E-state index contributed by atoms with van der Waals surface area (Å²) in [6.45, 7) is 16.6. The minimum atomic E-state index is -0.546. The second-order valence-corrected chi connectivity index (χ2v) is 11.7. The molecule has 0 heterocycles. The van der Waals surface area contributed by atoms with Crippen molar-refractivity contribution in [1.82, 2.24) is 0 Å². The monoisotopic (exact) mass is 494 g/mol. The van der Waals surface area contributed by atoms with Gasteiger partial charge in [0, 0.05) is 12.3 Å².